The van der Waals surface area contributed by atoms with Crippen molar-refractivity contribution < 1.29 is 17.6 Å². The third-order valence-electron chi connectivity index (χ3n) is 5.60. The Balaban J connectivity index is 1.71. The number of para-hydroxylation sites is 1. The van der Waals surface area contributed by atoms with Crippen LogP contribution in [0.2, 0.25) is 0 Å². The number of aromatic nitrogens is 3. The molecule has 0 unspecified atom stereocenters. The van der Waals surface area contributed by atoms with E-state index in [1.807, 2.05) is 10.7 Å². The molecule has 0 spiro atoms. The molecule has 9 heteroatoms. The highest BCUT2D eigenvalue weighted by atomic mass is 79.9. The zero-order chi connectivity index (χ0) is 22.3. The van der Waals surface area contributed by atoms with Gasteiger partial charge in [-0.15, -0.1) is 0 Å². The summed E-state index contributed by atoms with van der Waals surface area (Å²) < 4.78 is 55.7. The normalized spacial score (nSPS) is 14.1. The van der Waals surface area contributed by atoms with Gasteiger partial charge in [0.2, 0.25) is 0 Å². The molecule has 0 aliphatic carbocycles. The zero-order valence-electron chi connectivity index (χ0n) is 17.1. The van der Waals surface area contributed by atoms with E-state index < -0.39 is 17.6 Å². The Bertz CT molecular complexity index is 1100. The monoisotopic (exact) mass is 496 g/mol. The SMILES string of the molecule is CCc1cccc(CC)c1-n1nc2c(c1Br)CN(c1ncc(C(F)(F)F)cc1F)CC2. The van der Waals surface area contributed by atoms with Crippen LogP contribution >= 0.6 is 15.9 Å². The van der Waals surface area contributed by atoms with Gasteiger partial charge in [-0.1, -0.05) is 32.0 Å². The van der Waals surface area contributed by atoms with E-state index in [0.717, 1.165) is 34.4 Å². The standard InChI is InChI=1S/C22H21BrF4N4/c1-3-13-6-5-7-14(4-2)19(13)31-20(23)16-12-30(9-8-18(16)29-31)21-17(24)10-15(11-28-21)22(25,26)27/h5-7,10-11H,3-4,8-9,12H2,1-2H3. The molecule has 0 saturated carbocycles. The Labute approximate surface area is 186 Å². The summed E-state index contributed by atoms with van der Waals surface area (Å²) in [6, 6.07) is 6.70. The lowest BCUT2D eigenvalue weighted by Gasteiger charge is -2.28. The molecular formula is C22H21BrF4N4. The van der Waals surface area contributed by atoms with Crippen molar-refractivity contribution in [2.75, 3.05) is 11.4 Å². The average Bonchev–Trinajstić information content (AvgIpc) is 3.07. The fraction of sp³-hybridized carbons (Fsp3) is 0.364. The third kappa shape index (κ3) is 3.95. The van der Waals surface area contributed by atoms with E-state index in [1.165, 1.54) is 11.1 Å². The van der Waals surface area contributed by atoms with Gasteiger partial charge in [-0.3, -0.25) is 0 Å². The molecule has 31 heavy (non-hydrogen) atoms. The Kier molecular flexibility index (Phi) is 5.81. The van der Waals surface area contributed by atoms with E-state index in [4.69, 9.17) is 5.10 Å². The van der Waals surface area contributed by atoms with Crippen molar-refractivity contribution in [2.24, 2.45) is 0 Å². The lowest BCUT2D eigenvalue weighted by Crippen LogP contribution is -2.31. The lowest BCUT2D eigenvalue weighted by molar-refractivity contribution is -0.138. The highest BCUT2D eigenvalue weighted by Gasteiger charge is 2.33. The molecule has 1 aliphatic rings. The number of anilines is 1. The molecule has 0 N–H and O–H groups in total. The summed E-state index contributed by atoms with van der Waals surface area (Å²) in [6.45, 7) is 4.91. The van der Waals surface area contributed by atoms with Crippen LogP contribution in [0.1, 0.15) is 41.8 Å². The average molecular weight is 497 g/mol. The van der Waals surface area contributed by atoms with Gasteiger partial charge in [-0.25, -0.2) is 14.1 Å². The van der Waals surface area contributed by atoms with Crippen molar-refractivity contribution in [1.29, 1.82) is 0 Å². The van der Waals surface area contributed by atoms with Crippen molar-refractivity contribution in [3.8, 4) is 5.69 Å². The number of rotatable bonds is 4. The molecule has 3 heterocycles. The van der Waals surface area contributed by atoms with Crippen LogP contribution in [-0.2, 0) is 32.0 Å². The fourth-order valence-electron chi connectivity index (χ4n) is 3.97. The number of pyridine rings is 1. The number of halogens is 5. The predicted octanol–water partition coefficient (Wildman–Crippen LogP) is 5.88. The number of nitrogens with zero attached hydrogens (tertiary/aromatic N) is 4. The van der Waals surface area contributed by atoms with E-state index >= 15 is 0 Å². The molecule has 0 amide bonds. The molecule has 1 aromatic carbocycles. The number of fused-ring (bicyclic) bond motifs is 1. The van der Waals surface area contributed by atoms with Gasteiger partial charge in [-0.05, 0) is 46.0 Å². The number of hydrogen-bond acceptors (Lipinski definition) is 3. The van der Waals surface area contributed by atoms with Crippen LogP contribution in [-0.4, -0.2) is 21.3 Å². The predicted molar refractivity (Wildman–Crippen MR) is 114 cm³/mol. The second-order valence-corrected chi connectivity index (χ2v) is 8.21. The van der Waals surface area contributed by atoms with E-state index in [0.29, 0.717) is 31.8 Å². The maximum atomic E-state index is 14.5. The van der Waals surface area contributed by atoms with Crippen LogP contribution in [0.15, 0.2) is 35.1 Å². The molecule has 2 aromatic heterocycles. The van der Waals surface area contributed by atoms with Gasteiger partial charge >= 0.3 is 6.18 Å². The number of hydrogen-bond donors (Lipinski definition) is 0. The lowest BCUT2D eigenvalue weighted by atomic mass is 10.0. The van der Waals surface area contributed by atoms with E-state index in [1.54, 1.807) is 4.90 Å². The smallest absolute Gasteiger partial charge is 0.349 e. The van der Waals surface area contributed by atoms with Gasteiger partial charge in [0, 0.05) is 31.3 Å². The van der Waals surface area contributed by atoms with Gasteiger partial charge < -0.3 is 4.90 Å². The Hall–Kier alpha value is -2.42. The van der Waals surface area contributed by atoms with Gasteiger partial charge in [0.05, 0.1) is 16.9 Å². The van der Waals surface area contributed by atoms with Crippen molar-refractivity contribution >= 4 is 21.7 Å². The third-order valence-corrected chi connectivity index (χ3v) is 6.41. The summed E-state index contributed by atoms with van der Waals surface area (Å²) in [6.07, 6.45) is -1.70. The van der Waals surface area contributed by atoms with Gasteiger partial charge in [0.25, 0.3) is 0 Å². The number of alkyl halides is 3. The summed E-state index contributed by atoms with van der Waals surface area (Å²) in [5.74, 6) is -1.06. The molecule has 1 aliphatic heterocycles. The Morgan fingerprint density at radius 3 is 2.39 bits per heavy atom. The van der Waals surface area contributed by atoms with Crippen LogP contribution in [0.3, 0.4) is 0 Å². The van der Waals surface area contributed by atoms with Crippen LogP contribution in [0.5, 0.6) is 0 Å². The van der Waals surface area contributed by atoms with Crippen LogP contribution in [0, 0.1) is 5.82 Å². The summed E-state index contributed by atoms with van der Waals surface area (Å²) in [5, 5.41) is 4.81. The van der Waals surface area contributed by atoms with Crippen molar-refractivity contribution in [3.63, 3.8) is 0 Å². The largest absolute Gasteiger partial charge is 0.417 e. The van der Waals surface area contributed by atoms with E-state index in [2.05, 4.69) is 46.9 Å². The first-order valence-corrected chi connectivity index (χ1v) is 10.9. The molecule has 164 valence electrons. The Morgan fingerprint density at radius 2 is 1.81 bits per heavy atom. The first kappa shape index (κ1) is 21.8. The molecule has 4 nitrogen and oxygen atoms in total. The maximum Gasteiger partial charge on any atom is 0.417 e. The first-order chi connectivity index (χ1) is 14.7. The molecular weight excluding hydrogens is 476 g/mol. The molecule has 0 fully saturated rings. The molecule has 0 atom stereocenters. The molecule has 4 rings (SSSR count). The summed E-state index contributed by atoms with van der Waals surface area (Å²) in [5.41, 5.74) is 4.07. The molecule has 0 radical (unpaired) electrons. The van der Waals surface area contributed by atoms with Gasteiger partial charge in [0.1, 0.15) is 4.60 Å². The topological polar surface area (TPSA) is 34.0 Å². The highest BCUT2D eigenvalue weighted by Crippen LogP contribution is 2.35. The molecule has 0 bridgehead atoms. The Morgan fingerprint density at radius 1 is 1.13 bits per heavy atom. The molecule has 3 aromatic rings. The zero-order valence-corrected chi connectivity index (χ0v) is 18.7. The van der Waals surface area contributed by atoms with Crippen molar-refractivity contribution in [1.82, 2.24) is 14.8 Å². The second-order valence-electron chi connectivity index (χ2n) is 7.46. The van der Waals surface area contributed by atoms with Crippen molar-refractivity contribution in [3.05, 3.63) is 68.8 Å². The second kappa shape index (κ2) is 8.26. The fourth-order valence-corrected chi connectivity index (χ4v) is 4.59. The van der Waals surface area contributed by atoms with Crippen LogP contribution in [0.4, 0.5) is 23.4 Å². The van der Waals surface area contributed by atoms with Gasteiger partial charge in [-0.2, -0.15) is 18.3 Å². The van der Waals surface area contributed by atoms with Crippen LogP contribution in [0.25, 0.3) is 5.69 Å². The minimum Gasteiger partial charge on any atom is -0.349 e. The minimum absolute atomic E-state index is 0.0819. The minimum atomic E-state index is -4.63. The first-order valence-electron chi connectivity index (χ1n) is 10.1. The number of benzene rings is 1. The summed E-state index contributed by atoms with van der Waals surface area (Å²) in [4.78, 5) is 5.43. The number of aryl methyl sites for hydroxylation is 2. The summed E-state index contributed by atoms with van der Waals surface area (Å²) >= 11 is 3.67. The molecule has 0 saturated heterocycles. The maximum absolute atomic E-state index is 14.5. The van der Waals surface area contributed by atoms with E-state index in [-0.39, 0.29) is 5.82 Å². The van der Waals surface area contributed by atoms with Crippen LogP contribution < -0.4 is 4.90 Å². The van der Waals surface area contributed by atoms with Gasteiger partial charge in [0.15, 0.2) is 11.6 Å². The quantitative estimate of drug-likeness (QED) is 0.423. The van der Waals surface area contributed by atoms with E-state index in [9.17, 15) is 17.6 Å². The summed E-state index contributed by atoms with van der Waals surface area (Å²) in [7, 11) is 0. The highest BCUT2D eigenvalue weighted by molar-refractivity contribution is 9.10. The van der Waals surface area contributed by atoms with Crippen molar-refractivity contribution in [2.45, 2.75) is 45.8 Å².